The van der Waals surface area contributed by atoms with Gasteiger partial charge in [0.25, 0.3) is 0 Å². The molecular formula is C72H48Fe2N12O12S3. The number of rotatable bonds is 0. The van der Waals surface area contributed by atoms with Gasteiger partial charge in [-0.25, -0.2) is 0 Å². The smallest absolute Gasteiger partial charge is 0.759 e. The number of nitrogens with zero attached hydrogens (tertiary/aromatic N) is 12. The number of hydrogen-bond donors (Lipinski definition) is 0. The van der Waals surface area contributed by atoms with Gasteiger partial charge >= 0.3 is 34.1 Å². The van der Waals surface area contributed by atoms with Gasteiger partial charge in [-0.1, -0.05) is 146 Å². The van der Waals surface area contributed by atoms with E-state index in [2.05, 4.69) is 205 Å². The van der Waals surface area contributed by atoms with Gasteiger partial charge in [0.05, 0.1) is 66.2 Å². The zero-order valence-electron chi connectivity index (χ0n) is 51.9. The second-order valence-corrected chi connectivity index (χ2v) is 23.0. The molecule has 24 nitrogen and oxygen atoms in total. The van der Waals surface area contributed by atoms with Crippen LogP contribution in [0.15, 0.2) is 293 Å². The van der Waals surface area contributed by atoms with E-state index in [0.717, 1.165) is 131 Å². The fourth-order valence-electron chi connectivity index (χ4n) is 10.1. The molecule has 0 amide bonds. The molecule has 18 rings (SSSR count). The predicted octanol–water partition coefficient (Wildman–Crippen LogP) is 12.7. The number of hydrogen-bond acceptors (Lipinski definition) is 24. The van der Waals surface area contributed by atoms with Crippen molar-refractivity contribution in [3.63, 3.8) is 0 Å². The van der Waals surface area contributed by atoms with E-state index in [-0.39, 0.29) is 34.1 Å². The summed E-state index contributed by atoms with van der Waals surface area (Å²) in [6.45, 7) is 0. The van der Waals surface area contributed by atoms with Crippen LogP contribution in [0.1, 0.15) is 0 Å². The van der Waals surface area contributed by atoms with E-state index in [9.17, 15) is 0 Å². The van der Waals surface area contributed by atoms with Gasteiger partial charge in [-0.05, 0) is 72.8 Å². The molecule has 6 aromatic carbocycles. The van der Waals surface area contributed by atoms with Crippen molar-refractivity contribution in [2.75, 3.05) is 0 Å². The first kappa shape index (κ1) is 75.7. The number of aromatic nitrogens is 12. The van der Waals surface area contributed by atoms with E-state index in [1.54, 1.807) is 74.4 Å². The van der Waals surface area contributed by atoms with E-state index in [0.29, 0.717) is 0 Å². The first-order valence-electron chi connectivity index (χ1n) is 29.2. The van der Waals surface area contributed by atoms with E-state index in [4.69, 9.17) is 52.6 Å². The Morgan fingerprint density at radius 1 is 0.158 bits per heavy atom. The van der Waals surface area contributed by atoms with Gasteiger partial charge in [-0.15, -0.1) is 0 Å². The van der Waals surface area contributed by atoms with Crippen molar-refractivity contribution in [3.05, 3.63) is 293 Å². The van der Waals surface area contributed by atoms with Crippen molar-refractivity contribution < 1.29 is 86.7 Å². The van der Waals surface area contributed by atoms with Gasteiger partial charge in [0, 0.05) is 170 Å². The Morgan fingerprint density at radius 3 is 0.297 bits per heavy atom. The average Bonchev–Trinajstić information content (AvgIpc) is 0.849. The molecule has 0 bridgehead atoms. The topological polar surface area (TPSA) is 395 Å². The monoisotopic (exact) mass is 1480 g/mol. The van der Waals surface area contributed by atoms with Crippen molar-refractivity contribution in [3.8, 4) is 0 Å². The first-order valence-corrected chi connectivity index (χ1v) is 33.2. The molecule has 101 heavy (non-hydrogen) atoms. The molecule has 0 saturated carbocycles. The first-order chi connectivity index (χ1) is 47.7. The Kier molecular flexibility index (Phi) is 26.7. The van der Waals surface area contributed by atoms with Crippen molar-refractivity contribution in [1.29, 1.82) is 0 Å². The van der Waals surface area contributed by atoms with Crippen molar-refractivity contribution >= 4 is 162 Å². The zero-order valence-corrected chi connectivity index (χ0v) is 56.6. The second-order valence-electron chi connectivity index (χ2n) is 20.5. The molecule has 0 unspecified atom stereocenters. The maximum Gasteiger partial charge on any atom is 3.00 e. The van der Waals surface area contributed by atoms with Gasteiger partial charge in [0.2, 0.25) is 0 Å². The Morgan fingerprint density at radius 2 is 0.228 bits per heavy atom. The van der Waals surface area contributed by atoms with E-state index < -0.39 is 31.2 Å². The third-order valence-corrected chi connectivity index (χ3v) is 14.1. The molecule has 12 heterocycles. The molecule has 502 valence electrons. The SMILES string of the molecule is O=S(=O)([O-])[O-].O=S(=O)([O-])[O-].O=S(=O)([O-])[O-].[Fe+3].[Fe+3].c1cnc2c(c1)ccc1cccnc12.c1cnc2c(c1)ccc1cccnc12.c1cnc2c(c1)ccc1cccnc12.c1cnc2c(c1)ccc1cccnc12.c1cnc2c(c1)ccc1cccnc12.c1cnc2c(c1)ccc1cccnc12. The minimum absolute atomic E-state index is 0. The minimum atomic E-state index is -5.17. The average molecular weight is 1480 g/mol. The molecule has 0 fully saturated rings. The number of pyridine rings is 12. The molecule has 0 atom stereocenters. The molecule has 0 spiro atoms. The molecule has 0 N–H and O–H groups in total. The minimum Gasteiger partial charge on any atom is -0.759 e. The number of fused-ring (bicyclic) bond motifs is 18. The van der Waals surface area contributed by atoms with Gasteiger partial charge in [-0.3, -0.25) is 85.1 Å². The van der Waals surface area contributed by atoms with Crippen LogP contribution >= 0.6 is 0 Å². The molecule has 0 aliphatic carbocycles. The van der Waals surface area contributed by atoms with Crippen LogP contribution in [0.4, 0.5) is 0 Å². The fourth-order valence-corrected chi connectivity index (χ4v) is 10.1. The molecule has 12 aromatic heterocycles. The molecular weight excluding hydrogens is 1430 g/mol. The Hall–Kier alpha value is -11.1. The fraction of sp³-hybridized carbons (Fsp3) is 0. The summed E-state index contributed by atoms with van der Waals surface area (Å²) in [5.74, 6) is 0. The van der Waals surface area contributed by atoms with E-state index >= 15 is 0 Å². The van der Waals surface area contributed by atoms with Crippen LogP contribution in [-0.2, 0) is 65.3 Å². The largest absolute Gasteiger partial charge is 3.00 e. The maximum absolute atomic E-state index is 8.52. The summed E-state index contributed by atoms with van der Waals surface area (Å²) >= 11 is 0. The van der Waals surface area contributed by atoms with Crippen LogP contribution in [0.25, 0.3) is 131 Å². The van der Waals surface area contributed by atoms with E-state index in [1.165, 1.54) is 0 Å². The zero-order chi connectivity index (χ0) is 69.8. The standard InChI is InChI=1S/6C12H8N2.2Fe.3H2O4S/c6*1-3-9-5-6-10-4-2-8-14-12(10)11(9)13-7-1;;;3*1-5(2,3)4/h6*1-8H;;;3*(H2,1,2,3,4)/q;;;;;;2*+3;;;/p-6. The van der Waals surface area contributed by atoms with Gasteiger partial charge < -0.3 is 27.3 Å². The normalized spacial score (nSPS) is 10.8. The van der Waals surface area contributed by atoms with Crippen LogP contribution < -0.4 is 0 Å². The molecule has 18 aromatic rings. The number of benzene rings is 6. The van der Waals surface area contributed by atoms with Gasteiger partial charge in [0.1, 0.15) is 0 Å². The van der Waals surface area contributed by atoms with E-state index in [1.807, 2.05) is 72.8 Å². The Balaban J connectivity index is 0.000000147. The quantitative estimate of drug-likeness (QED) is 0.0589. The maximum atomic E-state index is 8.52. The summed E-state index contributed by atoms with van der Waals surface area (Å²) in [7, 11) is -15.5. The molecule has 2 radical (unpaired) electrons. The van der Waals surface area contributed by atoms with Crippen LogP contribution in [-0.4, -0.2) is 112 Å². The Labute approximate surface area is 597 Å². The second kappa shape index (κ2) is 35.6. The third-order valence-electron chi connectivity index (χ3n) is 14.1. The van der Waals surface area contributed by atoms with Gasteiger partial charge in [0.15, 0.2) is 0 Å². The third kappa shape index (κ3) is 21.9. The van der Waals surface area contributed by atoms with Crippen LogP contribution in [0.2, 0.25) is 0 Å². The Bertz CT molecular complexity index is 4950. The molecule has 0 aliphatic rings. The molecule has 0 saturated heterocycles. The van der Waals surface area contributed by atoms with Gasteiger partial charge in [-0.2, -0.15) is 0 Å². The van der Waals surface area contributed by atoms with Crippen molar-refractivity contribution in [1.82, 2.24) is 59.8 Å². The summed E-state index contributed by atoms with van der Waals surface area (Å²) in [5.41, 5.74) is 11.7. The summed E-state index contributed by atoms with van der Waals surface area (Å²) < 4.78 is 102. The van der Waals surface area contributed by atoms with Crippen LogP contribution in [0.5, 0.6) is 0 Å². The molecule has 0 aliphatic heterocycles. The summed E-state index contributed by atoms with van der Waals surface area (Å²) in [6.07, 6.45) is 21.6. The summed E-state index contributed by atoms with van der Waals surface area (Å²) in [5, 5.41) is 13.7. The summed E-state index contributed by atoms with van der Waals surface area (Å²) in [4.78, 5) is 52.2. The van der Waals surface area contributed by atoms with Crippen LogP contribution in [0.3, 0.4) is 0 Å². The van der Waals surface area contributed by atoms with Crippen molar-refractivity contribution in [2.24, 2.45) is 0 Å². The predicted molar refractivity (Wildman–Crippen MR) is 374 cm³/mol. The van der Waals surface area contributed by atoms with Crippen molar-refractivity contribution in [2.45, 2.75) is 0 Å². The summed E-state index contributed by atoms with van der Waals surface area (Å²) in [6, 6.07) is 72.8. The molecule has 29 heteroatoms. The van der Waals surface area contributed by atoms with Crippen LogP contribution in [0, 0.1) is 0 Å².